The van der Waals surface area contributed by atoms with Crippen molar-refractivity contribution < 1.29 is 13.9 Å². The Morgan fingerprint density at radius 3 is 2.50 bits per heavy atom. The summed E-state index contributed by atoms with van der Waals surface area (Å²) in [4.78, 5) is 30.9. The molecule has 1 saturated heterocycles. The number of benzene rings is 2. The average Bonchev–Trinajstić information content (AvgIpc) is 2.74. The first-order valence-electron chi connectivity index (χ1n) is 9.21. The van der Waals surface area contributed by atoms with Crippen LogP contribution in [0.25, 0.3) is 11.0 Å². The van der Waals surface area contributed by atoms with E-state index in [1.165, 1.54) is 0 Å². The number of aldehydes is 1. The minimum Gasteiger partial charge on any atom is -0.422 e. The largest absolute Gasteiger partial charge is 0.422 e. The Balaban J connectivity index is 1.88. The highest BCUT2D eigenvalue weighted by atomic mass is 16.5. The number of amidine groups is 1. The normalized spacial score (nSPS) is 15.0. The van der Waals surface area contributed by atoms with Crippen LogP contribution in [0.3, 0.4) is 0 Å². The van der Waals surface area contributed by atoms with Crippen molar-refractivity contribution in [2.75, 3.05) is 26.3 Å². The lowest BCUT2D eigenvalue weighted by molar-refractivity contribution is 0.0674. The van der Waals surface area contributed by atoms with Gasteiger partial charge >= 0.3 is 5.63 Å². The van der Waals surface area contributed by atoms with E-state index < -0.39 is 5.63 Å². The molecular weight excluding hydrogens is 356 g/mol. The van der Waals surface area contributed by atoms with Crippen molar-refractivity contribution in [2.45, 2.75) is 6.42 Å². The maximum atomic E-state index is 12.3. The second-order valence-electron chi connectivity index (χ2n) is 6.56. The molecule has 1 aliphatic heterocycles. The van der Waals surface area contributed by atoms with Crippen LogP contribution in [0.15, 0.2) is 68.8 Å². The molecule has 0 amide bonds. The zero-order chi connectivity index (χ0) is 19.3. The number of aliphatic imine (C=N–C) groups is 1. The third-order valence-corrected chi connectivity index (χ3v) is 4.76. The van der Waals surface area contributed by atoms with Gasteiger partial charge in [-0.05, 0) is 17.7 Å². The van der Waals surface area contributed by atoms with Gasteiger partial charge in [-0.25, -0.2) is 9.79 Å². The zero-order valence-electron chi connectivity index (χ0n) is 15.3. The molecule has 0 unspecified atom stereocenters. The van der Waals surface area contributed by atoms with E-state index >= 15 is 0 Å². The highest BCUT2D eigenvalue weighted by molar-refractivity contribution is 6.00. The van der Waals surface area contributed by atoms with Crippen LogP contribution in [0.2, 0.25) is 0 Å². The molecule has 0 aliphatic carbocycles. The number of ether oxygens (including phenoxy) is 1. The molecule has 28 heavy (non-hydrogen) atoms. The second-order valence-corrected chi connectivity index (χ2v) is 6.56. The summed E-state index contributed by atoms with van der Waals surface area (Å²) in [7, 11) is 0. The summed E-state index contributed by atoms with van der Waals surface area (Å²) >= 11 is 0. The molecule has 6 nitrogen and oxygen atoms in total. The molecule has 3 aromatic rings. The maximum absolute atomic E-state index is 12.3. The van der Waals surface area contributed by atoms with Gasteiger partial charge < -0.3 is 14.1 Å². The van der Waals surface area contributed by atoms with E-state index in [0.717, 1.165) is 11.4 Å². The molecule has 2 aromatic carbocycles. The number of hydrogen-bond acceptors (Lipinski definition) is 5. The lowest BCUT2D eigenvalue weighted by Crippen LogP contribution is -2.41. The van der Waals surface area contributed by atoms with Gasteiger partial charge in [0, 0.05) is 24.9 Å². The molecule has 0 radical (unpaired) electrons. The van der Waals surface area contributed by atoms with Gasteiger partial charge in [0.05, 0.1) is 18.9 Å². The van der Waals surface area contributed by atoms with Crippen LogP contribution in [-0.4, -0.2) is 43.3 Å². The van der Waals surface area contributed by atoms with Gasteiger partial charge in [-0.3, -0.25) is 4.79 Å². The number of morpholine rings is 1. The first-order valence-corrected chi connectivity index (χ1v) is 9.21. The number of nitrogens with zero attached hydrogens (tertiary/aromatic N) is 2. The lowest BCUT2D eigenvalue weighted by Gasteiger charge is -2.30. The summed E-state index contributed by atoms with van der Waals surface area (Å²) in [6.45, 7) is 2.65. The van der Waals surface area contributed by atoms with Crippen LogP contribution >= 0.6 is 0 Å². The van der Waals surface area contributed by atoms with Crippen LogP contribution < -0.4 is 5.63 Å². The fraction of sp³-hybridized carbons (Fsp3) is 0.227. The molecule has 2 heterocycles. The predicted octanol–water partition coefficient (Wildman–Crippen LogP) is 3.21. The van der Waals surface area contributed by atoms with Crippen LogP contribution in [0, 0.1) is 0 Å². The van der Waals surface area contributed by atoms with Gasteiger partial charge in [0.25, 0.3) is 0 Å². The summed E-state index contributed by atoms with van der Waals surface area (Å²) in [6.07, 6.45) is 1.12. The van der Waals surface area contributed by atoms with E-state index in [0.29, 0.717) is 55.7 Å². The van der Waals surface area contributed by atoms with Gasteiger partial charge in [-0.1, -0.05) is 42.5 Å². The predicted molar refractivity (Wildman–Crippen MR) is 108 cm³/mol. The topological polar surface area (TPSA) is 72.1 Å². The molecule has 0 N–H and O–H groups in total. The van der Waals surface area contributed by atoms with E-state index in [1.807, 2.05) is 42.5 Å². The van der Waals surface area contributed by atoms with Gasteiger partial charge in [0.1, 0.15) is 17.0 Å². The quantitative estimate of drug-likeness (QED) is 0.303. The minimum atomic E-state index is -0.673. The second kappa shape index (κ2) is 8.19. The minimum absolute atomic E-state index is 0.0579. The molecule has 142 valence electrons. The van der Waals surface area contributed by atoms with Gasteiger partial charge in [0.2, 0.25) is 0 Å². The van der Waals surface area contributed by atoms with Crippen molar-refractivity contribution in [1.82, 2.24) is 4.90 Å². The summed E-state index contributed by atoms with van der Waals surface area (Å²) in [6, 6.07) is 17.1. The van der Waals surface area contributed by atoms with Crippen molar-refractivity contribution in [3.05, 3.63) is 76.1 Å². The summed E-state index contributed by atoms with van der Waals surface area (Å²) < 4.78 is 10.7. The van der Waals surface area contributed by atoms with Gasteiger partial charge in [-0.15, -0.1) is 0 Å². The van der Waals surface area contributed by atoms with Crippen LogP contribution in [-0.2, 0) is 11.2 Å². The number of rotatable bonds is 4. The Bertz CT molecular complexity index is 1070. The molecule has 0 atom stereocenters. The van der Waals surface area contributed by atoms with E-state index in [9.17, 15) is 9.59 Å². The molecule has 0 bridgehead atoms. The maximum Gasteiger partial charge on any atom is 0.349 e. The van der Waals surface area contributed by atoms with Crippen molar-refractivity contribution in [2.24, 2.45) is 4.99 Å². The van der Waals surface area contributed by atoms with Crippen LogP contribution in [0.1, 0.15) is 15.9 Å². The monoisotopic (exact) mass is 376 g/mol. The van der Waals surface area contributed by atoms with Crippen molar-refractivity contribution >= 4 is 28.8 Å². The van der Waals surface area contributed by atoms with Gasteiger partial charge in [-0.2, -0.15) is 0 Å². The fourth-order valence-corrected chi connectivity index (χ4v) is 3.32. The molecule has 0 spiro atoms. The molecule has 1 aromatic heterocycles. The summed E-state index contributed by atoms with van der Waals surface area (Å²) in [5.41, 5.74) is 1.15. The number of carbonyl (C=O) groups excluding carboxylic acids is 1. The van der Waals surface area contributed by atoms with E-state index in [2.05, 4.69) is 4.90 Å². The zero-order valence-corrected chi connectivity index (χ0v) is 15.3. The Labute approximate surface area is 162 Å². The van der Waals surface area contributed by atoms with E-state index in [4.69, 9.17) is 14.1 Å². The van der Waals surface area contributed by atoms with Crippen molar-refractivity contribution in [1.29, 1.82) is 0 Å². The highest BCUT2D eigenvalue weighted by Crippen LogP contribution is 2.28. The molecule has 4 rings (SSSR count). The first-order chi connectivity index (χ1) is 13.8. The standard InChI is InChI=1S/C22H20N2O4/c25-15-18-21(17-8-4-5-9-19(17)28-22(18)26)23-20(24-10-12-27-13-11-24)14-16-6-2-1-3-7-16/h1-9,15H,10-14H2. The molecular formula is C22H20N2O4. The number of hydrogen-bond donors (Lipinski definition) is 0. The Kier molecular flexibility index (Phi) is 5.30. The Morgan fingerprint density at radius 1 is 1.04 bits per heavy atom. The SMILES string of the molecule is O=Cc1c(N=C(Cc2ccccc2)N2CCOCC2)c2ccccc2oc1=O. The lowest BCUT2D eigenvalue weighted by atomic mass is 10.1. The van der Waals surface area contributed by atoms with Crippen molar-refractivity contribution in [3.63, 3.8) is 0 Å². The molecule has 1 fully saturated rings. The number of carbonyl (C=O) groups is 1. The first kappa shape index (κ1) is 18.1. The fourth-order valence-electron chi connectivity index (χ4n) is 3.32. The third kappa shape index (κ3) is 3.73. The highest BCUT2D eigenvalue weighted by Gasteiger charge is 2.19. The molecule has 1 aliphatic rings. The van der Waals surface area contributed by atoms with Crippen LogP contribution in [0.4, 0.5) is 5.69 Å². The summed E-state index contributed by atoms with van der Waals surface area (Å²) in [5, 5.41) is 0.642. The summed E-state index contributed by atoms with van der Waals surface area (Å²) in [5.74, 6) is 0.799. The Hall–Kier alpha value is -3.25. The van der Waals surface area contributed by atoms with Crippen molar-refractivity contribution in [3.8, 4) is 0 Å². The van der Waals surface area contributed by atoms with Crippen LogP contribution in [0.5, 0.6) is 0 Å². The smallest absolute Gasteiger partial charge is 0.349 e. The average molecular weight is 376 g/mol. The third-order valence-electron chi connectivity index (χ3n) is 4.76. The number of fused-ring (bicyclic) bond motifs is 1. The van der Waals surface area contributed by atoms with Gasteiger partial charge in [0.15, 0.2) is 6.29 Å². The van der Waals surface area contributed by atoms with E-state index in [-0.39, 0.29) is 5.56 Å². The molecule has 6 heteroatoms. The number of para-hydroxylation sites is 1. The Morgan fingerprint density at radius 2 is 1.75 bits per heavy atom. The van der Waals surface area contributed by atoms with E-state index in [1.54, 1.807) is 12.1 Å². The molecule has 0 saturated carbocycles.